The van der Waals surface area contributed by atoms with Crippen LogP contribution in [-0.4, -0.2) is 17.4 Å². The molecule has 1 aromatic heterocycles. The van der Waals surface area contributed by atoms with Crippen molar-refractivity contribution < 1.29 is 4.79 Å². The Bertz CT molecular complexity index is 817. The van der Waals surface area contributed by atoms with Gasteiger partial charge in [-0.1, -0.05) is 55.0 Å². The van der Waals surface area contributed by atoms with Gasteiger partial charge >= 0.3 is 0 Å². The Morgan fingerprint density at radius 2 is 1.88 bits per heavy atom. The van der Waals surface area contributed by atoms with Gasteiger partial charge in [0, 0.05) is 36.0 Å². The van der Waals surface area contributed by atoms with E-state index in [-0.39, 0.29) is 11.8 Å². The number of aromatic amines is 1. The summed E-state index contributed by atoms with van der Waals surface area (Å²) in [4.78, 5) is 15.7. The van der Waals surface area contributed by atoms with Gasteiger partial charge in [0.2, 0.25) is 5.91 Å². The van der Waals surface area contributed by atoms with Gasteiger partial charge in [-0.3, -0.25) is 4.79 Å². The molecule has 1 amide bonds. The lowest BCUT2D eigenvalue weighted by molar-refractivity contribution is -0.121. The maximum absolute atomic E-state index is 12.4. The van der Waals surface area contributed by atoms with Crippen LogP contribution in [-0.2, 0) is 4.79 Å². The predicted octanol–water partition coefficient (Wildman–Crippen LogP) is 4.52. The van der Waals surface area contributed by atoms with Crippen molar-refractivity contribution in [2.45, 2.75) is 32.6 Å². The summed E-state index contributed by atoms with van der Waals surface area (Å²) in [6.45, 7) is 4.88. The minimum Gasteiger partial charge on any atom is -0.361 e. The lowest BCUT2D eigenvalue weighted by Crippen LogP contribution is -2.26. The number of amides is 1. The molecule has 1 atom stereocenters. The van der Waals surface area contributed by atoms with Gasteiger partial charge in [-0.15, -0.1) is 0 Å². The maximum Gasteiger partial charge on any atom is 0.220 e. The topological polar surface area (TPSA) is 44.9 Å². The number of aromatic nitrogens is 1. The quantitative estimate of drug-likeness (QED) is 0.689. The van der Waals surface area contributed by atoms with Crippen LogP contribution >= 0.6 is 0 Å². The van der Waals surface area contributed by atoms with Crippen molar-refractivity contribution in [3.8, 4) is 0 Å². The molecule has 1 heterocycles. The molecule has 3 aromatic rings. The third-order valence-electron chi connectivity index (χ3n) is 4.44. The van der Waals surface area contributed by atoms with E-state index >= 15 is 0 Å². The van der Waals surface area contributed by atoms with E-state index < -0.39 is 0 Å². The Morgan fingerprint density at radius 3 is 2.62 bits per heavy atom. The monoisotopic (exact) mass is 320 g/mol. The Hall–Kier alpha value is -2.55. The largest absolute Gasteiger partial charge is 0.361 e. The number of hydrogen-bond donors (Lipinski definition) is 2. The van der Waals surface area contributed by atoms with E-state index in [0.29, 0.717) is 6.42 Å². The molecule has 0 aliphatic heterocycles. The molecule has 0 aliphatic carbocycles. The standard InChI is InChI=1S/C21H24N2O/c1-3-12-22-21(24)13-18(16-10-8-15(2)9-11-16)19-14-23-20-7-5-4-6-17(19)20/h4-11,14,18,23H,3,12-13H2,1-2H3,(H,22,24)/t18-/m1/s1. The summed E-state index contributed by atoms with van der Waals surface area (Å²) < 4.78 is 0. The number of benzene rings is 2. The SMILES string of the molecule is CCCNC(=O)C[C@H](c1ccc(C)cc1)c1c[nH]c2ccccc12. The van der Waals surface area contributed by atoms with Crippen LogP contribution in [0.25, 0.3) is 10.9 Å². The number of rotatable bonds is 6. The third kappa shape index (κ3) is 3.51. The van der Waals surface area contributed by atoms with Gasteiger partial charge in [-0.2, -0.15) is 0 Å². The first-order valence-electron chi connectivity index (χ1n) is 8.58. The molecule has 0 bridgehead atoms. The predicted molar refractivity (Wildman–Crippen MR) is 99.2 cm³/mol. The molecule has 0 radical (unpaired) electrons. The average Bonchev–Trinajstić information content (AvgIpc) is 3.03. The molecule has 0 saturated heterocycles. The molecule has 124 valence electrons. The second-order valence-electron chi connectivity index (χ2n) is 6.31. The van der Waals surface area contributed by atoms with E-state index in [9.17, 15) is 4.79 Å². The van der Waals surface area contributed by atoms with Crippen molar-refractivity contribution >= 4 is 16.8 Å². The molecule has 0 saturated carbocycles. The summed E-state index contributed by atoms with van der Waals surface area (Å²) in [5, 5.41) is 4.19. The van der Waals surface area contributed by atoms with Crippen molar-refractivity contribution in [3.05, 3.63) is 71.4 Å². The van der Waals surface area contributed by atoms with Gasteiger partial charge in [0.1, 0.15) is 0 Å². The summed E-state index contributed by atoms with van der Waals surface area (Å²) in [6.07, 6.45) is 3.46. The molecule has 0 fully saturated rings. The van der Waals surface area contributed by atoms with Gasteiger partial charge in [-0.25, -0.2) is 0 Å². The van der Waals surface area contributed by atoms with Crippen LogP contribution in [0.2, 0.25) is 0 Å². The van der Waals surface area contributed by atoms with Crippen LogP contribution in [0.4, 0.5) is 0 Å². The summed E-state index contributed by atoms with van der Waals surface area (Å²) in [5.74, 6) is 0.159. The first-order chi connectivity index (χ1) is 11.7. The maximum atomic E-state index is 12.4. The fourth-order valence-electron chi connectivity index (χ4n) is 3.11. The van der Waals surface area contributed by atoms with Gasteiger partial charge in [0.25, 0.3) is 0 Å². The van der Waals surface area contributed by atoms with Crippen LogP contribution in [0.3, 0.4) is 0 Å². The fourth-order valence-corrected chi connectivity index (χ4v) is 3.11. The normalized spacial score (nSPS) is 12.2. The second-order valence-corrected chi connectivity index (χ2v) is 6.31. The second kappa shape index (κ2) is 7.35. The number of aryl methyl sites for hydroxylation is 1. The van der Waals surface area contributed by atoms with Crippen LogP contribution in [0.5, 0.6) is 0 Å². The highest BCUT2D eigenvalue weighted by Crippen LogP contribution is 2.33. The van der Waals surface area contributed by atoms with E-state index in [1.54, 1.807) is 0 Å². The van der Waals surface area contributed by atoms with Crippen molar-refractivity contribution in [2.75, 3.05) is 6.54 Å². The Balaban J connectivity index is 1.98. The minimum absolute atomic E-state index is 0.0543. The molecular weight excluding hydrogens is 296 g/mol. The lowest BCUT2D eigenvalue weighted by Gasteiger charge is -2.17. The van der Waals surface area contributed by atoms with Gasteiger partial charge in [-0.05, 0) is 30.5 Å². The van der Waals surface area contributed by atoms with E-state index in [1.807, 2.05) is 18.3 Å². The number of carbonyl (C=O) groups is 1. The zero-order valence-electron chi connectivity index (χ0n) is 14.3. The van der Waals surface area contributed by atoms with Gasteiger partial charge in [0.05, 0.1) is 0 Å². The van der Waals surface area contributed by atoms with E-state index in [0.717, 1.165) is 18.5 Å². The van der Waals surface area contributed by atoms with Crippen molar-refractivity contribution in [1.29, 1.82) is 0 Å². The molecular formula is C21H24N2O. The summed E-state index contributed by atoms with van der Waals surface area (Å²) in [6, 6.07) is 16.8. The summed E-state index contributed by atoms with van der Waals surface area (Å²) in [5.41, 5.74) is 4.70. The average molecular weight is 320 g/mol. The van der Waals surface area contributed by atoms with Crippen molar-refractivity contribution in [3.63, 3.8) is 0 Å². The summed E-state index contributed by atoms with van der Waals surface area (Å²) in [7, 11) is 0. The van der Waals surface area contributed by atoms with Crippen LogP contribution in [0.15, 0.2) is 54.7 Å². The highest BCUT2D eigenvalue weighted by atomic mass is 16.1. The Labute approximate surface area is 143 Å². The number of para-hydroxylation sites is 1. The van der Waals surface area contributed by atoms with E-state index in [4.69, 9.17) is 0 Å². The first-order valence-corrected chi connectivity index (χ1v) is 8.58. The Morgan fingerprint density at radius 1 is 1.12 bits per heavy atom. The van der Waals surface area contributed by atoms with Crippen LogP contribution < -0.4 is 5.32 Å². The number of H-pyrrole nitrogens is 1. The number of hydrogen-bond acceptors (Lipinski definition) is 1. The van der Waals surface area contributed by atoms with Crippen LogP contribution in [0.1, 0.15) is 42.4 Å². The third-order valence-corrected chi connectivity index (χ3v) is 4.44. The van der Waals surface area contributed by atoms with Crippen molar-refractivity contribution in [1.82, 2.24) is 10.3 Å². The fraction of sp³-hybridized carbons (Fsp3) is 0.286. The molecule has 2 aromatic carbocycles. The zero-order valence-corrected chi connectivity index (χ0v) is 14.3. The van der Waals surface area contributed by atoms with Gasteiger partial charge < -0.3 is 10.3 Å². The number of carbonyl (C=O) groups excluding carboxylic acids is 1. The number of fused-ring (bicyclic) bond motifs is 1. The summed E-state index contributed by atoms with van der Waals surface area (Å²) >= 11 is 0. The van der Waals surface area contributed by atoms with Gasteiger partial charge in [0.15, 0.2) is 0 Å². The van der Waals surface area contributed by atoms with Crippen LogP contribution in [0, 0.1) is 6.92 Å². The first kappa shape index (κ1) is 16.3. The Kier molecular flexibility index (Phi) is 4.99. The molecule has 3 rings (SSSR count). The smallest absolute Gasteiger partial charge is 0.220 e. The minimum atomic E-state index is 0.0543. The molecule has 2 N–H and O–H groups in total. The van der Waals surface area contributed by atoms with Crippen molar-refractivity contribution in [2.24, 2.45) is 0 Å². The van der Waals surface area contributed by atoms with E-state index in [2.05, 4.69) is 60.5 Å². The molecule has 0 aliphatic rings. The molecule has 0 unspecified atom stereocenters. The molecule has 3 nitrogen and oxygen atoms in total. The highest BCUT2D eigenvalue weighted by Gasteiger charge is 2.21. The molecule has 0 spiro atoms. The van der Waals surface area contributed by atoms with E-state index in [1.165, 1.54) is 22.1 Å². The zero-order chi connectivity index (χ0) is 16.9. The lowest BCUT2D eigenvalue weighted by atomic mass is 9.87. The molecule has 24 heavy (non-hydrogen) atoms. The number of nitrogens with one attached hydrogen (secondary N) is 2. The highest BCUT2D eigenvalue weighted by molar-refractivity contribution is 5.86. The molecule has 3 heteroatoms.